The number of primary amides is 1. The Kier molecular flexibility index (Phi) is 2.47. The Hall–Kier alpha value is -1.40. The number of fused-ring (bicyclic) bond motifs is 1. The summed E-state index contributed by atoms with van der Waals surface area (Å²) in [5.41, 5.74) is 6.05. The Labute approximate surface area is 93.9 Å². The smallest absolute Gasteiger partial charge is 0.248 e. The van der Waals surface area contributed by atoms with Gasteiger partial charge in [-0.05, 0) is 17.7 Å². The first-order chi connectivity index (χ1) is 7.46. The summed E-state index contributed by atoms with van der Waals surface area (Å²) in [4.78, 5) is 11.2. The molecule has 1 aliphatic heterocycles. The minimum absolute atomic E-state index is 0.200. The summed E-state index contributed by atoms with van der Waals surface area (Å²) in [5, 5.41) is 0. The number of nitrogens with zero attached hydrogens (tertiary/aromatic N) is 1. The molecule has 0 saturated carbocycles. The van der Waals surface area contributed by atoms with Crippen LogP contribution in [0.3, 0.4) is 0 Å². The first-order valence-corrected chi connectivity index (χ1v) is 6.33. The lowest BCUT2D eigenvalue weighted by atomic mass is 10.1. The number of carbonyl (C=O) groups is 1. The molecular formula is C10H12N2O3S. The number of hydrogen-bond acceptors (Lipinski definition) is 3. The van der Waals surface area contributed by atoms with E-state index in [-0.39, 0.29) is 10.5 Å². The van der Waals surface area contributed by atoms with Gasteiger partial charge in [0.15, 0.2) is 0 Å². The highest BCUT2D eigenvalue weighted by molar-refractivity contribution is 7.89. The van der Waals surface area contributed by atoms with E-state index in [2.05, 4.69) is 0 Å². The highest BCUT2D eigenvalue weighted by atomic mass is 32.2. The van der Waals surface area contributed by atoms with E-state index in [1.54, 1.807) is 19.1 Å². The Bertz CT molecular complexity index is 551. The molecule has 0 bridgehead atoms. The highest BCUT2D eigenvalue weighted by Crippen LogP contribution is 2.30. The zero-order chi connectivity index (χ0) is 11.9. The van der Waals surface area contributed by atoms with Crippen LogP contribution in [0, 0.1) is 0 Å². The molecule has 16 heavy (non-hydrogen) atoms. The lowest BCUT2D eigenvalue weighted by Crippen LogP contribution is -2.23. The topological polar surface area (TPSA) is 80.5 Å². The molecule has 5 nitrogen and oxygen atoms in total. The van der Waals surface area contributed by atoms with Gasteiger partial charge in [-0.2, -0.15) is 4.31 Å². The molecule has 0 fully saturated rings. The van der Waals surface area contributed by atoms with Crippen LogP contribution < -0.4 is 5.73 Å². The first-order valence-electron chi connectivity index (χ1n) is 4.89. The summed E-state index contributed by atoms with van der Waals surface area (Å²) >= 11 is 0. The quantitative estimate of drug-likeness (QED) is 0.807. The molecule has 1 amide bonds. The fourth-order valence-electron chi connectivity index (χ4n) is 1.77. The van der Waals surface area contributed by atoms with Gasteiger partial charge >= 0.3 is 0 Å². The lowest BCUT2D eigenvalue weighted by Gasteiger charge is -2.10. The zero-order valence-corrected chi connectivity index (χ0v) is 9.62. The molecule has 0 atom stereocenters. The molecule has 1 aliphatic rings. The number of sulfonamides is 1. The molecule has 2 N–H and O–H groups in total. The van der Waals surface area contributed by atoms with Crippen molar-refractivity contribution >= 4 is 15.9 Å². The van der Waals surface area contributed by atoms with E-state index >= 15 is 0 Å². The summed E-state index contributed by atoms with van der Waals surface area (Å²) in [5.74, 6) is -0.618. The second-order valence-corrected chi connectivity index (χ2v) is 5.52. The third-order valence-corrected chi connectivity index (χ3v) is 4.67. The van der Waals surface area contributed by atoms with Crippen molar-refractivity contribution in [3.63, 3.8) is 0 Å². The molecule has 1 aromatic rings. The number of benzene rings is 1. The Morgan fingerprint density at radius 3 is 2.75 bits per heavy atom. The number of carbonyl (C=O) groups excluding carboxylic acids is 1. The van der Waals surface area contributed by atoms with Gasteiger partial charge in [-0.1, -0.05) is 13.0 Å². The molecule has 0 radical (unpaired) electrons. The van der Waals surface area contributed by atoms with Gasteiger partial charge < -0.3 is 5.73 Å². The highest BCUT2D eigenvalue weighted by Gasteiger charge is 2.33. The van der Waals surface area contributed by atoms with Crippen molar-refractivity contribution in [2.45, 2.75) is 18.4 Å². The average Bonchev–Trinajstić information content (AvgIpc) is 2.49. The Morgan fingerprint density at radius 1 is 1.50 bits per heavy atom. The summed E-state index contributed by atoms with van der Waals surface area (Å²) in [6, 6.07) is 4.54. The van der Waals surface area contributed by atoms with Crippen molar-refractivity contribution in [2.75, 3.05) is 6.54 Å². The van der Waals surface area contributed by atoms with Crippen LogP contribution in [-0.2, 0) is 16.6 Å². The lowest BCUT2D eigenvalue weighted by molar-refractivity contribution is 0.1000. The van der Waals surface area contributed by atoms with E-state index in [0.717, 1.165) is 0 Å². The zero-order valence-electron chi connectivity index (χ0n) is 8.80. The van der Waals surface area contributed by atoms with Crippen LogP contribution in [0.5, 0.6) is 0 Å². The van der Waals surface area contributed by atoms with E-state index in [4.69, 9.17) is 5.73 Å². The molecule has 86 valence electrons. The second-order valence-electron chi connectivity index (χ2n) is 3.62. The Balaban J connectivity index is 2.59. The second kappa shape index (κ2) is 3.57. The molecule has 0 aliphatic carbocycles. The molecule has 2 rings (SSSR count). The first kappa shape index (κ1) is 11.1. The minimum Gasteiger partial charge on any atom is -0.366 e. The number of rotatable bonds is 2. The SMILES string of the molecule is CCN1Cc2ccc(C(N)=O)cc2S1(=O)=O. The van der Waals surface area contributed by atoms with E-state index in [1.165, 1.54) is 10.4 Å². The van der Waals surface area contributed by atoms with Crippen LogP contribution in [0.2, 0.25) is 0 Å². The standard InChI is InChI=1S/C10H12N2O3S/c1-2-12-6-8-4-3-7(10(11)13)5-9(8)16(12,14)15/h3-5H,2,6H2,1H3,(H2,11,13). The van der Waals surface area contributed by atoms with Gasteiger partial charge in [0.05, 0.1) is 4.90 Å². The molecule has 0 saturated heterocycles. The Morgan fingerprint density at radius 2 is 2.19 bits per heavy atom. The molecule has 1 aromatic carbocycles. The van der Waals surface area contributed by atoms with E-state index in [0.29, 0.717) is 18.7 Å². The van der Waals surface area contributed by atoms with Gasteiger partial charge in [-0.15, -0.1) is 0 Å². The summed E-state index contributed by atoms with van der Waals surface area (Å²) < 4.78 is 25.3. The van der Waals surface area contributed by atoms with Crippen molar-refractivity contribution in [1.82, 2.24) is 4.31 Å². The largest absolute Gasteiger partial charge is 0.366 e. The normalized spacial score (nSPS) is 18.3. The monoisotopic (exact) mass is 240 g/mol. The molecule has 0 unspecified atom stereocenters. The van der Waals surface area contributed by atoms with Crippen LogP contribution in [0.15, 0.2) is 23.1 Å². The molecule has 6 heteroatoms. The molecule has 0 aromatic heterocycles. The summed E-state index contributed by atoms with van der Waals surface area (Å²) in [6.07, 6.45) is 0. The van der Waals surface area contributed by atoms with Gasteiger partial charge in [-0.25, -0.2) is 8.42 Å². The van der Waals surface area contributed by atoms with Crippen molar-refractivity contribution < 1.29 is 13.2 Å². The fourth-order valence-corrected chi connectivity index (χ4v) is 3.44. The minimum atomic E-state index is -3.43. The van der Waals surface area contributed by atoms with Gasteiger partial charge in [0.1, 0.15) is 0 Å². The van der Waals surface area contributed by atoms with Crippen molar-refractivity contribution in [3.05, 3.63) is 29.3 Å². The van der Waals surface area contributed by atoms with Gasteiger partial charge in [0.25, 0.3) is 0 Å². The van der Waals surface area contributed by atoms with Crippen molar-refractivity contribution in [1.29, 1.82) is 0 Å². The van der Waals surface area contributed by atoms with Crippen molar-refractivity contribution in [3.8, 4) is 0 Å². The maximum atomic E-state index is 12.0. The van der Waals surface area contributed by atoms with Crippen LogP contribution in [0.1, 0.15) is 22.8 Å². The molecular weight excluding hydrogens is 228 g/mol. The van der Waals surface area contributed by atoms with Crippen LogP contribution in [0.4, 0.5) is 0 Å². The predicted molar refractivity (Wildman–Crippen MR) is 58.2 cm³/mol. The molecule has 1 heterocycles. The third kappa shape index (κ3) is 1.50. The predicted octanol–water partition coefficient (Wildman–Crippen LogP) is 0.310. The van der Waals surface area contributed by atoms with Gasteiger partial charge in [0, 0.05) is 18.7 Å². The maximum absolute atomic E-state index is 12.0. The fraction of sp³-hybridized carbons (Fsp3) is 0.300. The number of amides is 1. The van der Waals surface area contributed by atoms with Crippen LogP contribution in [-0.4, -0.2) is 25.2 Å². The average molecular weight is 240 g/mol. The molecule has 0 spiro atoms. The van der Waals surface area contributed by atoms with Gasteiger partial charge in [0.2, 0.25) is 15.9 Å². The summed E-state index contributed by atoms with van der Waals surface area (Å²) in [6.45, 7) is 2.56. The van der Waals surface area contributed by atoms with E-state index in [9.17, 15) is 13.2 Å². The van der Waals surface area contributed by atoms with Crippen LogP contribution >= 0.6 is 0 Å². The third-order valence-electron chi connectivity index (χ3n) is 2.67. The maximum Gasteiger partial charge on any atom is 0.248 e. The van der Waals surface area contributed by atoms with E-state index in [1.807, 2.05) is 0 Å². The van der Waals surface area contributed by atoms with Crippen LogP contribution in [0.25, 0.3) is 0 Å². The summed E-state index contributed by atoms with van der Waals surface area (Å²) in [7, 11) is -3.43. The van der Waals surface area contributed by atoms with Gasteiger partial charge in [-0.3, -0.25) is 4.79 Å². The van der Waals surface area contributed by atoms with E-state index < -0.39 is 15.9 Å². The number of nitrogens with two attached hydrogens (primary N) is 1. The van der Waals surface area contributed by atoms with Crippen molar-refractivity contribution in [2.24, 2.45) is 5.73 Å². The number of hydrogen-bond donors (Lipinski definition) is 1.